The fourth-order valence-electron chi connectivity index (χ4n) is 4.24. The third kappa shape index (κ3) is 3.43. The van der Waals surface area contributed by atoms with E-state index in [-0.39, 0.29) is 17.5 Å². The molecule has 1 aliphatic carbocycles. The summed E-state index contributed by atoms with van der Waals surface area (Å²) in [7, 11) is 1.60. The van der Waals surface area contributed by atoms with Crippen LogP contribution in [0.25, 0.3) is 27.9 Å². The summed E-state index contributed by atoms with van der Waals surface area (Å²) in [6, 6.07) is 0.187. The van der Waals surface area contributed by atoms with E-state index in [1.165, 1.54) is 0 Å². The SMILES string of the molecule is CCC(=O)N[C@]1(C)C[C@H](Nc2nc(OC)c3c(-c4cnc5nccn5c4)c[nH]c3n2)C1. The first-order valence-corrected chi connectivity index (χ1v) is 10.3. The number of amides is 1. The van der Waals surface area contributed by atoms with Gasteiger partial charge in [-0.1, -0.05) is 6.92 Å². The highest BCUT2D eigenvalue weighted by Crippen LogP contribution is 2.36. The summed E-state index contributed by atoms with van der Waals surface area (Å²) < 4.78 is 7.46. The van der Waals surface area contributed by atoms with E-state index in [1.807, 2.05) is 29.9 Å². The van der Waals surface area contributed by atoms with Gasteiger partial charge in [0, 0.05) is 60.1 Å². The topological polar surface area (TPSA) is 122 Å². The molecule has 0 saturated heterocycles. The van der Waals surface area contributed by atoms with Crippen molar-refractivity contribution in [3.05, 3.63) is 31.0 Å². The van der Waals surface area contributed by atoms with Crippen LogP contribution in [0, 0.1) is 0 Å². The number of nitrogens with one attached hydrogen (secondary N) is 3. The summed E-state index contributed by atoms with van der Waals surface area (Å²) in [6.07, 6.45) is 11.3. The summed E-state index contributed by atoms with van der Waals surface area (Å²) >= 11 is 0. The van der Waals surface area contributed by atoms with Crippen molar-refractivity contribution in [3.8, 4) is 17.0 Å². The van der Waals surface area contributed by atoms with Gasteiger partial charge < -0.3 is 20.4 Å². The first-order valence-electron chi connectivity index (χ1n) is 10.3. The largest absolute Gasteiger partial charge is 0.480 e. The number of nitrogens with zero attached hydrogens (tertiary/aromatic N) is 5. The first-order chi connectivity index (χ1) is 15.0. The molecule has 10 heteroatoms. The molecule has 1 aliphatic rings. The zero-order chi connectivity index (χ0) is 21.6. The van der Waals surface area contributed by atoms with Crippen LogP contribution in [-0.4, -0.2) is 53.9 Å². The molecule has 0 spiro atoms. The minimum atomic E-state index is -0.183. The highest BCUT2D eigenvalue weighted by Gasteiger charge is 2.41. The maximum atomic E-state index is 11.7. The van der Waals surface area contributed by atoms with Gasteiger partial charge in [0.2, 0.25) is 23.5 Å². The van der Waals surface area contributed by atoms with E-state index in [1.54, 1.807) is 19.5 Å². The molecule has 0 unspecified atom stereocenters. The number of imidazole rings is 1. The van der Waals surface area contributed by atoms with Crippen LogP contribution in [-0.2, 0) is 4.79 Å². The van der Waals surface area contributed by atoms with E-state index in [2.05, 4.69) is 42.5 Å². The quantitative estimate of drug-likeness (QED) is 0.438. The number of hydrogen-bond acceptors (Lipinski definition) is 7. The Labute approximate surface area is 178 Å². The normalized spacial score (nSPS) is 20.5. The van der Waals surface area contributed by atoms with Crippen molar-refractivity contribution in [1.29, 1.82) is 0 Å². The molecule has 10 nitrogen and oxygen atoms in total. The lowest BCUT2D eigenvalue weighted by molar-refractivity contribution is -0.123. The number of aromatic amines is 1. The van der Waals surface area contributed by atoms with Gasteiger partial charge in [0.25, 0.3) is 0 Å². The molecule has 1 saturated carbocycles. The third-order valence-electron chi connectivity index (χ3n) is 5.74. The van der Waals surface area contributed by atoms with E-state index in [0.717, 1.165) is 29.4 Å². The zero-order valence-corrected chi connectivity index (χ0v) is 17.6. The predicted octanol–water partition coefficient (Wildman–Crippen LogP) is 2.54. The molecule has 4 aromatic rings. The average molecular weight is 420 g/mol. The highest BCUT2D eigenvalue weighted by atomic mass is 16.5. The van der Waals surface area contributed by atoms with Crippen molar-refractivity contribution < 1.29 is 9.53 Å². The minimum Gasteiger partial charge on any atom is -0.480 e. The number of carbonyl (C=O) groups is 1. The van der Waals surface area contributed by atoms with E-state index in [4.69, 9.17) is 4.74 Å². The van der Waals surface area contributed by atoms with Gasteiger partial charge in [-0.25, -0.2) is 9.97 Å². The second kappa shape index (κ2) is 7.22. The summed E-state index contributed by atoms with van der Waals surface area (Å²) in [5.41, 5.74) is 2.30. The molecule has 31 heavy (non-hydrogen) atoms. The van der Waals surface area contributed by atoms with Crippen LogP contribution in [0.5, 0.6) is 5.88 Å². The maximum absolute atomic E-state index is 11.7. The summed E-state index contributed by atoms with van der Waals surface area (Å²) in [4.78, 5) is 32.7. The molecule has 0 atom stereocenters. The van der Waals surface area contributed by atoms with Crippen molar-refractivity contribution >= 4 is 28.7 Å². The summed E-state index contributed by atoms with van der Waals surface area (Å²) in [5, 5.41) is 7.24. The fourth-order valence-corrected chi connectivity index (χ4v) is 4.24. The van der Waals surface area contributed by atoms with Crippen molar-refractivity contribution in [2.75, 3.05) is 12.4 Å². The van der Waals surface area contributed by atoms with Crippen molar-refractivity contribution in [2.24, 2.45) is 0 Å². The molecule has 0 radical (unpaired) electrons. The molecule has 4 heterocycles. The van der Waals surface area contributed by atoms with Crippen LogP contribution in [0.15, 0.2) is 31.0 Å². The van der Waals surface area contributed by atoms with E-state index in [0.29, 0.717) is 29.7 Å². The van der Waals surface area contributed by atoms with Gasteiger partial charge in [0.15, 0.2) is 0 Å². The van der Waals surface area contributed by atoms with Gasteiger partial charge in [0.05, 0.1) is 12.5 Å². The fraction of sp³-hybridized carbons (Fsp3) is 0.381. The second-order valence-corrected chi connectivity index (χ2v) is 8.17. The Morgan fingerprint density at radius 2 is 2.19 bits per heavy atom. The van der Waals surface area contributed by atoms with E-state index >= 15 is 0 Å². The number of anilines is 1. The average Bonchev–Trinajstić information content (AvgIpc) is 3.38. The van der Waals surface area contributed by atoms with Gasteiger partial charge in [0.1, 0.15) is 5.65 Å². The monoisotopic (exact) mass is 420 g/mol. The van der Waals surface area contributed by atoms with Gasteiger partial charge in [-0.3, -0.25) is 9.20 Å². The van der Waals surface area contributed by atoms with E-state index < -0.39 is 0 Å². The van der Waals surface area contributed by atoms with Crippen molar-refractivity contribution in [1.82, 2.24) is 34.6 Å². The molecule has 3 N–H and O–H groups in total. The Hall–Kier alpha value is -3.69. The van der Waals surface area contributed by atoms with Crippen LogP contribution in [0.2, 0.25) is 0 Å². The number of rotatable bonds is 6. The lowest BCUT2D eigenvalue weighted by Gasteiger charge is -2.45. The molecule has 1 amide bonds. The lowest BCUT2D eigenvalue weighted by atomic mass is 9.74. The Morgan fingerprint density at radius 1 is 1.35 bits per heavy atom. The number of hydrogen-bond donors (Lipinski definition) is 3. The molecule has 0 aliphatic heterocycles. The Balaban J connectivity index is 1.41. The van der Waals surface area contributed by atoms with Gasteiger partial charge in [-0.05, 0) is 19.8 Å². The van der Waals surface area contributed by atoms with Crippen LogP contribution < -0.4 is 15.4 Å². The minimum absolute atomic E-state index is 0.0718. The van der Waals surface area contributed by atoms with Crippen molar-refractivity contribution in [3.63, 3.8) is 0 Å². The first kappa shape index (κ1) is 19.3. The highest BCUT2D eigenvalue weighted by molar-refractivity contribution is 5.97. The van der Waals surface area contributed by atoms with Gasteiger partial charge in [-0.2, -0.15) is 9.97 Å². The maximum Gasteiger partial charge on any atom is 0.233 e. The smallest absolute Gasteiger partial charge is 0.233 e. The predicted molar refractivity (Wildman–Crippen MR) is 116 cm³/mol. The number of ether oxygens (including phenoxy) is 1. The molecular formula is C21H24N8O2. The second-order valence-electron chi connectivity index (χ2n) is 8.17. The molecular weight excluding hydrogens is 396 g/mol. The number of carbonyl (C=O) groups excluding carboxylic acids is 1. The number of fused-ring (bicyclic) bond motifs is 2. The van der Waals surface area contributed by atoms with Crippen LogP contribution in [0.1, 0.15) is 33.1 Å². The Bertz CT molecular complexity index is 1270. The number of H-pyrrole nitrogens is 1. The zero-order valence-electron chi connectivity index (χ0n) is 17.6. The summed E-state index contributed by atoms with van der Waals surface area (Å²) in [6.45, 7) is 3.92. The van der Waals surface area contributed by atoms with Crippen molar-refractivity contribution in [2.45, 2.75) is 44.7 Å². The van der Waals surface area contributed by atoms with Gasteiger partial charge >= 0.3 is 0 Å². The number of aromatic nitrogens is 6. The molecule has 1 fully saturated rings. The Kier molecular flexibility index (Phi) is 4.49. The number of methoxy groups -OCH3 is 1. The van der Waals surface area contributed by atoms with Crippen LogP contribution in [0.4, 0.5) is 5.95 Å². The van der Waals surface area contributed by atoms with Crippen LogP contribution >= 0.6 is 0 Å². The molecule has 4 aromatic heterocycles. The molecule has 5 rings (SSSR count). The molecule has 0 aromatic carbocycles. The van der Waals surface area contributed by atoms with Gasteiger partial charge in [-0.15, -0.1) is 0 Å². The third-order valence-corrected chi connectivity index (χ3v) is 5.74. The lowest BCUT2D eigenvalue weighted by Crippen LogP contribution is -2.59. The summed E-state index contributed by atoms with van der Waals surface area (Å²) in [5.74, 6) is 1.69. The standard InChI is InChI=1S/C21H24N8O2/c1-4-15(30)28-21(2)7-13(8-21)25-19-26-17-16(18(27-19)31-3)14(10-23-17)12-9-24-20-22-5-6-29(20)11-12/h5-6,9-11,13H,4,7-8H2,1-3H3,(H,28,30)(H2,23,25,26,27)/t13-,21+. The van der Waals surface area contributed by atoms with E-state index in [9.17, 15) is 4.79 Å². The molecule has 160 valence electrons. The molecule has 0 bridgehead atoms. The Morgan fingerprint density at radius 3 is 2.97 bits per heavy atom. The van der Waals surface area contributed by atoms with Crippen LogP contribution in [0.3, 0.4) is 0 Å².